The molecule has 1 atom stereocenters. The summed E-state index contributed by atoms with van der Waals surface area (Å²) in [5.74, 6) is -1.13. The summed E-state index contributed by atoms with van der Waals surface area (Å²) in [7, 11) is 3.37. The molecule has 176 valence electrons. The Balaban J connectivity index is 1.93. The molecule has 5 nitrogen and oxygen atoms in total. The Labute approximate surface area is 205 Å². The molecule has 4 rings (SSSR count). The fourth-order valence-corrected chi connectivity index (χ4v) is 4.31. The summed E-state index contributed by atoms with van der Waals surface area (Å²) in [5, 5.41) is 3.15. The van der Waals surface area contributed by atoms with Crippen LogP contribution in [0, 0.1) is 6.92 Å². The fourth-order valence-electron chi connectivity index (χ4n) is 4.31. The predicted octanol–water partition coefficient (Wildman–Crippen LogP) is 5.06. The summed E-state index contributed by atoms with van der Waals surface area (Å²) in [6, 6.07) is 25.8. The van der Waals surface area contributed by atoms with Gasteiger partial charge in [0.05, 0.1) is 6.42 Å². The van der Waals surface area contributed by atoms with Gasteiger partial charge in [-0.15, -0.1) is 0 Å². The van der Waals surface area contributed by atoms with E-state index in [9.17, 15) is 14.4 Å². The first kappa shape index (κ1) is 23.9. The van der Waals surface area contributed by atoms with Crippen molar-refractivity contribution in [2.24, 2.45) is 0 Å². The number of nitrogens with one attached hydrogen (secondary N) is 1. The average molecular weight is 465 g/mol. The lowest BCUT2D eigenvalue weighted by molar-refractivity contribution is -0.128. The number of dihydropyridines is 1. The second-order valence-corrected chi connectivity index (χ2v) is 8.78. The van der Waals surface area contributed by atoms with E-state index in [0.29, 0.717) is 28.0 Å². The fraction of sp³-hybridized carbons (Fsp3) is 0.167. The average Bonchev–Trinajstić information content (AvgIpc) is 2.89. The Bertz CT molecular complexity index is 1320. The minimum absolute atomic E-state index is 0.0204. The maximum absolute atomic E-state index is 14.0. The van der Waals surface area contributed by atoms with Crippen molar-refractivity contribution in [3.8, 4) is 0 Å². The van der Waals surface area contributed by atoms with Gasteiger partial charge in [-0.25, -0.2) is 0 Å². The van der Waals surface area contributed by atoms with Gasteiger partial charge in [0.1, 0.15) is 0 Å². The van der Waals surface area contributed by atoms with Crippen LogP contribution in [0.3, 0.4) is 0 Å². The maximum Gasteiger partial charge on any atom is 0.227 e. The van der Waals surface area contributed by atoms with Crippen molar-refractivity contribution >= 4 is 17.5 Å². The van der Waals surface area contributed by atoms with Gasteiger partial charge in [-0.05, 0) is 18.1 Å². The van der Waals surface area contributed by atoms with E-state index in [2.05, 4.69) is 5.32 Å². The molecule has 35 heavy (non-hydrogen) atoms. The highest BCUT2D eigenvalue weighted by Gasteiger charge is 2.37. The molecule has 0 aromatic heterocycles. The number of nitrogens with zero attached hydrogens (tertiary/aromatic N) is 1. The summed E-state index contributed by atoms with van der Waals surface area (Å²) >= 11 is 0. The number of ketones is 2. The van der Waals surface area contributed by atoms with Crippen molar-refractivity contribution in [1.82, 2.24) is 10.2 Å². The number of rotatable bonds is 7. The minimum atomic E-state index is -0.622. The number of carbonyl (C=O) groups is 3. The number of Topliss-reactive ketones (excluding diaryl/α,β-unsaturated/α-hetero) is 2. The van der Waals surface area contributed by atoms with Crippen LogP contribution < -0.4 is 5.32 Å². The lowest BCUT2D eigenvalue weighted by Gasteiger charge is -2.31. The zero-order chi connectivity index (χ0) is 24.9. The molecule has 1 unspecified atom stereocenters. The van der Waals surface area contributed by atoms with Crippen LogP contribution in [0.4, 0.5) is 0 Å². The second-order valence-electron chi connectivity index (χ2n) is 8.78. The molecule has 3 aromatic carbocycles. The van der Waals surface area contributed by atoms with Gasteiger partial charge >= 0.3 is 0 Å². The third-order valence-electron chi connectivity index (χ3n) is 6.23. The van der Waals surface area contributed by atoms with E-state index < -0.39 is 5.92 Å². The number of aryl methyl sites for hydroxylation is 1. The molecule has 1 aliphatic rings. The Morgan fingerprint density at radius 2 is 1.31 bits per heavy atom. The largest absolute Gasteiger partial charge is 0.364 e. The first-order valence-electron chi connectivity index (χ1n) is 11.5. The molecule has 0 aliphatic carbocycles. The highest BCUT2D eigenvalue weighted by Crippen LogP contribution is 2.41. The van der Waals surface area contributed by atoms with Gasteiger partial charge in [0.25, 0.3) is 0 Å². The number of hydrogen-bond acceptors (Lipinski definition) is 4. The van der Waals surface area contributed by atoms with Crippen molar-refractivity contribution in [2.45, 2.75) is 19.3 Å². The lowest BCUT2D eigenvalue weighted by Crippen LogP contribution is -2.32. The van der Waals surface area contributed by atoms with Crippen LogP contribution in [-0.2, 0) is 4.79 Å². The highest BCUT2D eigenvalue weighted by molar-refractivity contribution is 6.16. The molecular weight excluding hydrogens is 436 g/mol. The topological polar surface area (TPSA) is 66.5 Å². The number of allylic oxidation sites excluding steroid dienone is 2. The van der Waals surface area contributed by atoms with Crippen molar-refractivity contribution in [3.05, 3.63) is 130 Å². The molecule has 0 fully saturated rings. The van der Waals surface area contributed by atoms with E-state index >= 15 is 0 Å². The van der Waals surface area contributed by atoms with Crippen molar-refractivity contribution in [3.63, 3.8) is 0 Å². The normalized spacial score (nSPS) is 15.2. The number of hydrogen-bond donors (Lipinski definition) is 1. The van der Waals surface area contributed by atoms with Gasteiger partial charge in [-0.1, -0.05) is 84.9 Å². The van der Waals surface area contributed by atoms with E-state index in [1.54, 1.807) is 44.6 Å². The lowest BCUT2D eigenvalue weighted by atomic mass is 9.75. The quantitative estimate of drug-likeness (QED) is 0.496. The smallest absolute Gasteiger partial charge is 0.227 e. The molecule has 0 spiro atoms. The first-order valence-corrected chi connectivity index (χ1v) is 11.5. The molecule has 5 heteroatoms. The molecule has 1 amide bonds. The maximum atomic E-state index is 14.0. The predicted molar refractivity (Wildman–Crippen MR) is 137 cm³/mol. The molecule has 0 saturated carbocycles. The molecular formula is C30H28N2O3. The molecule has 1 heterocycles. The second kappa shape index (κ2) is 10.3. The van der Waals surface area contributed by atoms with E-state index in [1.165, 1.54) is 4.90 Å². The third-order valence-corrected chi connectivity index (χ3v) is 6.23. The summed E-state index contributed by atoms with van der Waals surface area (Å²) in [5.41, 5.74) is 4.26. The molecule has 0 saturated heterocycles. The molecule has 1 aliphatic heterocycles. The number of amides is 1. The van der Waals surface area contributed by atoms with Gasteiger partial charge < -0.3 is 10.2 Å². The number of benzene rings is 3. The molecule has 0 radical (unpaired) electrons. The third kappa shape index (κ3) is 4.99. The van der Waals surface area contributed by atoms with E-state index in [0.717, 1.165) is 11.1 Å². The standard InChI is InChI=1S/C30H28N2O3/c1-20-12-10-11-17-23(20)27-24(29(34)21-13-6-4-7-14-21)19-31-25(18-26(33)32(2)3)28(27)30(35)22-15-8-5-9-16-22/h4-17,19,27,31H,18H2,1-3H3. The summed E-state index contributed by atoms with van der Waals surface area (Å²) in [6.45, 7) is 1.97. The van der Waals surface area contributed by atoms with Crippen LogP contribution in [0.25, 0.3) is 0 Å². The van der Waals surface area contributed by atoms with Gasteiger partial charge in [0, 0.05) is 54.2 Å². The van der Waals surface area contributed by atoms with Crippen LogP contribution in [0.1, 0.15) is 44.2 Å². The van der Waals surface area contributed by atoms with Crippen LogP contribution in [0.2, 0.25) is 0 Å². The summed E-state index contributed by atoms with van der Waals surface area (Å²) in [6.07, 6.45) is 1.68. The highest BCUT2D eigenvalue weighted by atomic mass is 16.2. The molecule has 3 aromatic rings. The molecule has 0 bridgehead atoms. The number of carbonyl (C=O) groups excluding carboxylic acids is 3. The summed E-state index contributed by atoms with van der Waals surface area (Å²) in [4.78, 5) is 41.9. The molecule has 1 N–H and O–H groups in total. The van der Waals surface area contributed by atoms with Gasteiger partial charge in [0.2, 0.25) is 5.91 Å². The zero-order valence-electron chi connectivity index (χ0n) is 20.1. The Hall–Kier alpha value is -4.25. The van der Waals surface area contributed by atoms with Gasteiger partial charge in [0.15, 0.2) is 11.6 Å². The van der Waals surface area contributed by atoms with Gasteiger partial charge in [-0.3, -0.25) is 14.4 Å². The van der Waals surface area contributed by atoms with Crippen molar-refractivity contribution < 1.29 is 14.4 Å². The van der Waals surface area contributed by atoms with E-state index in [1.807, 2.05) is 67.6 Å². The van der Waals surface area contributed by atoms with Crippen molar-refractivity contribution in [2.75, 3.05) is 14.1 Å². The zero-order valence-corrected chi connectivity index (χ0v) is 20.1. The van der Waals surface area contributed by atoms with Crippen LogP contribution in [0.5, 0.6) is 0 Å². The Morgan fingerprint density at radius 3 is 1.89 bits per heavy atom. The summed E-state index contributed by atoms with van der Waals surface area (Å²) < 4.78 is 0. The van der Waals surface area contributed by atoms with Gasteiger partial charge in [-0.2, -0.15) is 0 Å². The van der Waals surface area contributed by atoms with Crippen LogP contribution in [0.15, 0.2) is 108 Å². The van der Waals surface area contributed by atoms with Crippen molar-refractivity contribution in [1.29, 1.82) is 0 Å². The van der Waals surface area contributed by atoms with E-state index in [-0.39, 0.29) is 23.9 Å². The SMILES string of the molecule is Cc1ccccc1C1C(C(=O)c2ccccc2)=CNC(CC(=O)N(C)C)=C1C(=O)c1ccccc1. The monoisotopic (exact) mass is 464 g/mol. The Morgan fingerprint density at radius 1 is 0.771 bits per heavy atom. The minimum Gasteiger partial charge on any atom is -0.364 e. The van der Waals surface area contributed by atoms with Crippen LogP contribution >= 0.6 is 0 Å². The Kier molecular flexibility index (Phi) is 7.06. The van der Waals surface area contributed by atoms with Crippen LogP contribution in [-0.4, -0.2) is 36.5 Å². The van der Waals surface area contributed by atoms with E-state index in [4.69, 9.17) is 0 Å². The first-order chi connectivity index (χ1) is 16.9.